The van der Waals surface area contributed by atoms with Gasteiger partial charge in [0.1, 0.15) is 0 Å². The van der Waals surface area contributed by atoms with Gasteiger partial charge in [0.05, 0.1) is 23.5 Å². The average molecular weight is 328 g/mol. The van der Waals surface area contributed by atoms with Crippen LogP contribution in [0.1, 0.15) is 42.3 Å². The Bertz CT molecular complexity index is 890. The number of imidazole rings is 1. The van der Waals surface area contributed by atoms with Gasteiger partial charge in [0, 0.05) is 10.9 Å². The van der Waals surface area contributed by atoms with Crippen molar-refractivity contribution in [1.29, 1.82) is 0 Å². The Labute approximate surface area is 139 Å². The van der Waals surface area contributed by atoms with E-state index in [0.717, 1.165) is 27.6 Å². The molecule has 0 saturated carbocycles. The second-order valence-corrected chi connectivity index (χ2v) is 7.06. The van der Waals surface area contributed by atoms with Crippen LogP contribution in [0.15, 0.2) is 23.6 Å². The largest absolute Gasteiger partial charge is 0.481 e. The monoisotopic (exact) mass is 328 g/mol. The van der Waals surface area contributed by atoms with Gasteiger partial charge in [0.15, 0.2) is 4.96 Å². The van der Waals surface area contributed by atoms with E-state index < -0.39 is 5.97 Å². The summed E-state index contributed by atoms with van der Waals surface area (Å²) in [4.78, 5) is 16.9. The Morgan fingerprint density at radius 1 is 1.35 bits per heavy atom. The van der Waals surface area contributed by atoms with Crippen molar-refractivity contribution < 1.29 is 9.90 Å². The molecule has 23 heavy (non-hydrogen) atoms. The van der Waals surface area contributed by atoms with Crippen LogP contribution >= 0.6 is 11.3 Å². The Balaban J connectivity index is 2.28. The smallest absolute Gasteiger partial charge is 0.309 e. The molecule has 1 aromatic carbocycles. The molecule has 0 aliphatic carbocycles. The van der Waals surface area contributed by atoms with Crippen molar-refractivity contribution in [2.75, 3.05) is 0 Å². The first-order valence-corrected chi connectivity index (χ1v) is 8.54. The molecule has 4 nitrogen and oxygen atoms in total. The lowest BCUT2D eigenvalue weighted by atomic mass is 10.0. The van der Waals surface area contributed by atoms with Crippen LogP contribution in [0.4, 0.5) is 0 Å². The number of aliphatic carboxylic acids is 1. The lowest BCUT2D eigenvalue weighted by Gasteiger charge is -2.09. The van der Waals surface area contributed by atoms with Crippen molar-refractivity contribution in [2.24, 2.45) is 0 Å². The van der Waals surface area contributed by atoms with Gasteiger partial charge in [-0.25, -0.2) is 4.98 Å². The highest BCUT2D eigenvalue weighted by Gasteiger charge is 2.21. The number of hydrogen-bond donors (Lipinski definition) is 1. The number of aryl methyl sites for hydroxylation is 2. The fourth-order valence-electron chi connectivity index (χ4n) is 3.00. The van der Waals surface area contributed by atoms with Gasteiger partial charge in [0.2, 0.25) is 0 Å². The van der Waals surface area contributed by atoms with Crippen LogP contribution in [0.3, 0.4) is 0 Å². The van der Waals surface area contributed by atoms with Crippen LogP contribution in [-0.2, 0) is 11.2 Å². The van der Waals surface area contributed by atoms with Crippen LogP contribution < -0.4 is 0 Å². The van der Waals surface area contributed by atoms with Crippen LogP contribution in [0.25, 0.3) is 16.2 Å². The maximum absolute atomic E-state index is 11.3. The molecule has 2 aromatic heterocycles. The van der Waals surface area contributed by atoms with Crippen molar-refractivity contribution in [3.63, 3.8) is 0 Å². The van der Waals surface area contributed by atoms with E-state index in [1.54, 1.807) is 11.3 Å². The summed E-state index contributed by atoms with van der Waals surface area (Å²) in [6.07, 6.45) is -0.0106. The molecule has 0 atom stereocenters. The zero-order valence-corrected chi connectivity index (χ0v) is 14.6. The van der Waals surface area contributed by atoms with E-state index in [2.05, 4.69) is 56.3 Å². The van der Waals surface area contributed by atoms with Crippen molar-refractivity contribution in [3.05, 3.63) is 46.1 Å². The number of hydrogen-bond acceptors (Lipinski definition) is 3. The minimum absolute atomic E-state index is 0.0106. The molecular weight excluding hydrogens is 308 g/mol. The van der Waals surface area contributed by atoms with Gasteiger partial charge in [-0.1, -0.05) is 37.6 Å². The number of nitrogens with zero attached hydrogens (tertiary/aromatic N) is 2. The van der Waals surface area contributed by atoms with Crippen LogP contribution in [0.2, 0.25) is 0 Å². The number of carboxylic acids is 1. The Hall–Kier alpha value is -2.14. The summed E-state index contributed by atoms with van der Waals surface area (Å²) < 4.78 is 2.02. The topological polar surface area (TPSA) is 54.6 Å². The highest BCUT2D eigenvalue weighted by atomic mass is 32.1. The zero-order chi connectivity index (χ0) is 16.7. The van der Waals surface area contributed by atoms with E-state index in [-0.39, 0.29) is 12.3 Å². The molecule has 2 heterocycles. The maximum Gasteiger partial charge on any atom is 0.309 e. The van der Waals surface area contributed by atoms with E-state index in [4.69, 9.17) is 0 Å². The number of thiazole rings is 1. The molecule has 120 valence electrons. The third-order valence-corrected chi connectivity index (χ3v) is 4.84. The standard InChI is InChI=1S/C18H20N2O2S/c1-10(2)17-14(8-16(21)22)20-15(9-23-18(20)19-17)13-6-5-11(3)7-12(13)4/h5-7,9-10H,8H2,1-4H3,(H,21,22). The normalized spacial score (nSPS) is 11.5. The van der Waals surface area contributed by atoms with Gasteiger partial charge in [-0.2, -0.15) is 0 Å². The first-order valence-electron chi connectivity index (χ1n) is 7.66. The highest BCUT2D eigenvalue weighted by molar-refractivity contribution is 7.15. The molecular formula is C18H20N2O2S. The Morgan fingerprint density at radius 3 is 2.70 bits per heavy atom. The lowest BCUT2D eigenvalue weighted by molar-refractivity contribution is -0.136. The molecule has 0 unspecified atom stereocenters. The summed E-state index contributed by atoms with van der Waals surface area (Å²) in [5.41, 5.74) is 6.23. The number of fused-ring (bicyclic) bond motifs is 1. The van der Waals surface area contributed by atoms with Crippen LogP contribution in [0, 0.1) is 13.8 Å². The van der Waals surface area contributed by atoms with E-state index in [1.807, 2.05) is 4.40 Å². The minimum atomic E-state index is -0.827. The van der Waals surface area contributed by atoms with E-state index in [9.17, 15) is 9.90 Å². The fraction of sp³-hybridized carbons (Fsp3) is 0.333. The van der Waals surface area contributed by atoms with Crippen LogP contribution in [-0.4, -0.2) is 20.5 Å². The maximum atomic E-state index is 11.3. The van der Waals surface area contributed by atoms with Gasteiger partial charge < -0.3 is 5.11 Å². The second-order valence-electron chi connectivity index (χ2n) is 6.23. The lowest BCUT2D eigenvalue weighted by Crippen LogP contribution is -2.07. The first-order chi connectivity index (χ1) is 10.9. The fourth-order valence-corrected chi connectivity index (χ4v) is 3.91. The molecule has 0 spiro atoms. The summed E-state index contributed by atoms with van der Waals surface area (Å²) in [5, 5.41) is 11.4. The van der Waals surface area contributed by atoms with E-state index >= 15 is 0 Å². The molecule has 0 bridgehead atoms. The van der Waals surface area contributed by atoms with Crippen molar-refractivity contribution in [1.82, 2.24) is 9.38 Å². The Morgan fingerprint density at radius 2 is 2.09 bits per heavy atom. The molecule has 3 aromatic rings. The first kappa shape index (κ1) is 15.7. The molecule has 0 fully saturated rings. The predicted molar refractivity (Wildman–Crippen MR) is 93.4 cm³/mol. The third kappa shape index (κ3) is 2.77. The van der Waals surface area contributed by atoms with Crippen LogP contribution in [0.5, 0.6) is 0 Å². The number of carboxylic acid groups (broad SMARTS) is 1. The van der Waals surface area contributed by atoms with Gasteiger partial charge in [0.25, 0.3) is 0 Å². The van der Waals surface area contributed by atoms with Crippen molar-refractivity contribution in [3.8, 4) is 11.3 Å². The number of benzene rings is 1. The number of aromatic nitrogens is 2. The molecule has 5 heteroatoms. The zero-order valence-electron chi connectivity index (χ0n) is 13.8. The van der Waals surface area contributed by atoms with Gasteiger partial charge in [-0.05, 0) is 25.3 Å². The van der Waals surface area contributed by atoms with Crippen molar-refractivity contribution in [2.45, 2.75) is 40.0 Å². The summed E-state index contributed by atoms with van der Waals surface area (Å²) in [5.74, 6) is -0.630. The summed E-state index contributed by atoms with van der Waals surface area (Å²) in [6, 6.07) is 6.34. The van der Waals surface area contributed by atoms with Gasteiger partial charge in [-0.3, -0.25) is 9.20 Å². The molecule has 0 aliphatic heterocycles. The summed E-state index contributed by atoms with van der Waals surface area (Å²) in [6.45, 7) is 8.26. The van der Waals surface area contributed by atoms with Crippen molar-refractivity contribution >= 4 is 22.3 Å². The average Bonchev–Trinajstić information content (AvgIpc) is 2.99. The molecule has 1 N–H and O–H groups in total. The molecule has 0 amide bonds. The van der Waals surface area contributed by atoms with E-state index in [0.29, 0.717) is 0 Å². The minimum Gasteiger partial charge on any atom is -0.481 e. The number of rotatable bonds is 4. The SMILES string of the molecule is Cc1ccc(-c2csc3nc(C(C)C)c(CC(=O)O)n23)c(C)c1. The van der Waals surface area contributed by atoms with Gasteiger partial charge in [-0.15, -0.1) is 11.3 Å². The molecule has 0 radical (unpaired) electrons. The molecule has 3 rings (SSSR count). The third-order valence-electron chi connectivity index (χ3n) is 4.01. The molecule has 0 saturated heterocycles. The second kappa shape index (κ2) is 5.81. The number of carbonyl (C=O) groups is 1. The highest BCUT2D eigenvalue weighted by Crippen LogP contribution is 2.33. The Kier molecular flexibility index (Phi) is 3.98. The summed E-state index contributed by atoms with van der Waals surface area (Å²) in [7, 11) is 0. The predicted octanol–water partition coefficient (Wildman–Crippen LogP) is 4.43. The summed E-state index contributed by atoms with van der Waals surface area (Å²) >= 11 is 1.56. The van der Waals surface area contributed by atoms with Gasteiger partial charge >= 0.3 is 5.97 Å². The van der Waals surface area contributed by atoms with E-state index in [1.165, 1.54) is 11.1 Å². The molecule has 0 aliphatic rings. The quantitative estimate of drug-likeness (QED) is 0.771.